The molecule has 0 spiro atoms. The molecule has 10 aliphatic carbocycles. The average Bonchev–Trinajstić information content (AvgIpc) is 1.60. The van der Waals surface area contributed by atoms with E-state index in [1.54, 1.807) is 98.4 Å². The summed E-state index contributed by atoms with van der Waals surface area (Å²) in [7, 11) is 12.7. The first kappa shape index (κ1) is 102. The zero-order valence-corrected chi connectivity index (χ0v) is 85.1. The van der Waals surface area contributed by atoms with E-state index in [1.165, 1.54) is 27.8 Å². The summed E-state index contributed by atoms with van der Waals surface area (Å²) in [4.78, 5) is 154. The van der Waals surface area contributed by atoms with Crippen LogP contribution in [0.4, 0.5) is 0 Å². The van der Waals surface area contributed by atoms with Crippen LogP contribution < -0.4 is 37.3 Å². The molecule has 0 saturated carbocycles. The van der Waals surface area contributed by atoms with Gasteiger partial charge in [-0.25, -0.2) is 0 Å². The third kappa shape index (κ3) is 20.3. The second-order valence-electron chi connectivity index (χ2n) is 39.6. The Bertz CT molecular complexity index is 6790. The molecular weight excluding hydrogens is 1800 g/mol. The van der Waals surface area contributed by atoms with E-state index in [0.717, 1.165) is 191 Å². The number of fused-ring (bicyclic) bond motifs is 10. The van der Waals surface area contributed by atoms with Crippen molar-refractivity contribution in [3.05, 3.63) is 405 Å². The monoisotopic (exact) mass is 1930 g/mol. The summed E-state index contributed by atoms with van der Waals surface area (Å²) in [6.07, 6.45) is 55.6. The van der Waals surface area contributed by atoms with Crippen LogP contribution in [0.2, 0.25) is 0 Å². The fraction of sp³-hybridized carbons (Fsp3) is 0.353. The summed E-state index contributed by atoms with van der Waals surface area (Å²) >= 11 is 0. The predicted octanol–water partition coefficient (Wildman–Crippen LogP) is 18.9. The third-order valence-corrected chi connectivity index (χ3v) is 30.0. The van der Waals surface area contributed by atoms with E-state index in [4.69, 9.17) is 9.47 Å². The van der Waals surface area contributed by atoms with Gasteiger partial charge in [0.15, 0.2) is 0 Å². The molecule has 10 aromatic rings. The highest BCUT2D eigenvalue weighted by Crippen LogP contribution is 2.45. The van der Waals surface area contributed by atoms with Gasteiger partial charge in [-0.1, -0.05) is 113 Å². The van der Waals surface area contributed by atoms with E-state index in [2.05, 4.69) is 60.0 Å². The van der Waals surface area contributed by atoms with Crippen LogP contribution in [0.3, 0.4) is 0 Å². The Labute approximate surface area is 842 Å². The number of methoxy groups -OCH3 is 2. The lowest BCUT2D eigenvalue weighted by Crippen LogP contribution is -2.35. The maximum Gasteiger partial charge on any atom is 0.256 e. The maximum absolute atomic E-state index is 13.7. The van der Waals surface area contributed by atoms with E-state index >= 15 is 0 Å². The molecule has 25 heteroatoms. The van der Waals surface area contributed by atoms with Crippen LogP contribution in [0.15, 0.2) is 238 Å². The quantitative estimate of drug-likeness (QED) is 0.0571. The molecule has 25 nitrogen and oxygen atoms in total. The van der Waals surface area contributed by atoms with Crippen molar-refractivity contribution in [3.63, 3.8) is 0 Å². The molecule has 8 aromatic heterocycles. The smallest absolute Gasteiger partial charge is 0.256 e. The van der Waals surface area contributed by atoms with Crippen LogP contribution >= 0.6 is 0 Å². The van der Waals surface area contributed by atoms with E-state index in [0.29, 0.717) is 120 Å². The van der Waals surface area contributed by atoms with Crippen molar-refractivity contribution < 1.29 is 33.4 Å². The number of rotatable bonds is 22. The topological polar surface area (TPSA) is 269 Å². The normalized spacial score (nSPS) is 17.3. The molecule has 5 atom stereocenters. The van der Waals surface area contributed by atoms with Crippen molar-refractivity contribution >= 4 is 59.9 Å². The minimum absolute atomic E-state index is 0.00635. The van der Waals surface area contributed by atoms with Gasteiger partial charge in [0.05, 0.1) is 72.2 Å². The molecule has 0 aliphatic heterocycles. The molecule has 20 rings (SSSR count). The molecule has 0 bridgehead atoms. The Morgan fingerprint density at radius 1 is 0.319 bits per heavy atom. The number of allylic oxidation sites excluding steroid dienone is 10. The van der Waals surface area contributed by atoms with Crippen molar-refractivity contribution in [1.29, 1.82) is 0 Å². The first-order valence-corrected chi connectivity index (χ1v) is 50.1. The summed E-state index contributed by atoms with van der Waals surface area (Å²) in [5.74, 6) is 1.49. The number of aromatic nitrogens is 8. The van der Waals surface area contributed by atoms with Crippen LogP contribution in [0.25, 0.3) is 30.4 Å². The van der Waals surface area contributed by atoms with Gasteiger partial charge in [0, 0.05) is 164 Å². The highest BCUT2D eigenvalue weighted by molar-refractivity contribution is 6.02. The predicted molar refractivity (Wildman–Crippen MR) is 569 cm³/mol. The molecule has 8 heterocycles. The molecule has 5 unspecified atom stereocenters. The van der Waals surface area contributed by atoms with Crippen molar-refractivity contribution in [2.45, 2.75) is 226 Å². The van der Waals surface area contributed by atoms with Gasteiger partial charge in [-0.2, -0.15) is 0 Å². The Hall–Kier alpha value is -15.0. The van der Waals surface area contributed by atoms with Gasteiger partial charge in [-0.05, 0) is 277 Å². The highest BCUT2D eigenvalue weighted by atomic mass is 16.5. The number of hydrogen-bond acceptors (Lipinski definition) is 15. The van der Waals surface area contributed by atoms with E-state index in [9.17, 15) is 47.9 Å². The number of hydrogen-bond donors (Lipinski definition) is 0. The van der Waals surface area contributed by atoms with Crippen molar-refractivity contribution in [3.8, 4) is 11.5 Å². The van der Waals surface area contributed by atoms with E-state index in [-0.39, 0.29) is 87.5 Å². The number of amides is 5. The van der Waals surface area contributed by atoms with Gasteiger partial charge < -0.3 is 56.8 Å². The van der Waals surface area contributed by atoms with Crippen LogP contribution in [0, 0.1) is 0 Å². The number of pyridine rings is 8. The number of benzene rings is 2. The van der Waals surface area contributed by atoms with Gasteiger partial charge in [-0.15, -0.1) is 32.9 Å². The van der Waals surface area contributed by atoms with Crippen molar-refractivity contribution in [2.24, 2.45) is 0 Å². The van der Waals surface area contributed by atoms with Gasteiger partial charge in [0.1, 0.15) is 11.5 Å². The second kappa shape index (κ2) is 44.2. The first-order valence-electron chi connectivity index (χ1n) is 50.1. The van der Waals surface area contributed by atoms with Crippen LogP contribution in [0.5, 0.6) is 11.5 Å². The lowest BCUT2D eigenvalue weighted by atomic mass is 9.86. The first-order chi connectivity index (χ1) is 69.4. The molecule has 0 N–H and O–H groups in total. The van der Waals surface area contributed by atoms with Crippen molar-refractivity contribution in [1.82, 2.24) is 62.3 Å². The number of nitrogens with zero attached hydrogens (tertiary/aromatic N) is 13. The molecular formula is C119H131N13O12. The zero-order valence-electron chi connectivity index (χ0n) is 85.1. The largest absolute Gasteiger partial charge is 0.496 e. The summed E-state index contributed by atoms with van der Waals surface area (Å²) in [6.45, 7) is 30.7. The minimum Gasteiger partial charge on any atom is -0.496 e. The molecule has 0 radical (unpaired) electrons. The Balaban J connectivity index is 0.000000129. The van der Waals surface area contributed by atoms with Gasteiger partial charge in [-0.3, -0.25) is 62.9 Å². The standard InChI is InChI=1S/2C25H28N2O3.3C23H25N3O2/c2*1-5-12-27-15-21(19-13-16(2)14-20(19)25(27)29)24(28)26(3)22-10-6-9-18-17(22)8-7-11-23(18)30-4;3*1-4-10-26-14-20(17-11-15(2)12-18(17)23(26)28)22(27)25(3)21-7-5-6-16-8-9-24-13-19(16)21/h2*5,7-8,11,13,15,22H,1,6,9-10,12,14H2,2-4H3;3*4,8-9,11,13-14,21H,1,5-7,10,12H2,2-3H3. The van der Waals surface area contributed by atoms with Gasteiger partial charge in [0.25, 0.3) is 57.3 Å². The summed E-state index contributed by atoms with van der Waals surface area (Å²) in [5.41, 5.74) is 27.6. The lowest BCUT2D eigenvalue weighted by molar-refractivity contribution is 0.0706. The molecule has 5 amide bonds. The number of carbonyl (C=O) groups excluding carboxylic acids is 5. The fourth-order valence-electron chi connectivity index (χ4n) is 22.9. The molecule has 2 aromatic carbocycles. The molecule has 0 saturated heterocycles. The number of carbonyl (C=O) groups is 5. The Kier molecular flexibility index (Phi) is 31.3. The van der Waals surface area contributed by atoms with Crippen LogP contribution in [0.1, 0.15) is 292 Å². The summed E-state index contributed by atoms with van der Waals surface area (Å²) < 4.78 is 19.1. The molecule has 10 aliphatic rings. The number of aryl methyl sites for hydroxylation is 3. The third-order valence-electron chi connectivity index (χ3n) is 30.0. The van der Waals surface area contributed by atoms with E-state index < -0.39 is 0 Å². The highest BCUT2D eigenvalue weighted by Gasteiger charge is 2.39. The lowest BCUT2D eigenvalue weighted by Gasteiger charge is -2.34. The average molecular weight is 1940 g/mol. The van der Waals surface area contributed by atoms with E-state index in [1.807, 2.05) is 204 Å². The maximum atomic E-state index is 13.7. The van der Waals surface area contributed by atoms with Crippen LogP contribution in [-0.4, -0.2) is 141 Å². The van der Waals surface area contributed by atoms with Crippen LogP contribution in [-0.2, 0) is 96.9 Å². The molecule has 144 heavy (non-hydrogen) atoms. The summed E-state index contributed by atoms with van der Waals surface area (Å²) in [6, 6.07) is 18.3. The second-order valence-corrected chi connectivity index (χ2v) is 39.6. The van der Waals surface area contributed by atoms with Gasteiger partial charge >= 0.3 is 0 Å². The SMILES string of the molecule is C=CCn1cc(C(=O)N(C)C2CCCc3c(OC)cccc32)c2c(c1=O)CC(C)=C2.C=CCn1cc(C(=O)N(C)C2CCCc3c(OC)cccc32)c2c(c1=O)CC(C)=C2.C=CCn1cc(C(=O)N(C)C2CCCc3ccncc32)c2c(c1=O)CC(C)=C2.C=CCn1cc(C(=O)N(C)C2CCCc3ccncc32)c2c(c1=O)CC(C)=C2.C=CCn1cc(C(=O)N(C)C2CCCc3ccncc32)c2c(c1=O)CC(C)=C2. The molecule has 0 fully saturated rings. The van der Waals surface area contributed by atoms with Crippen molar-refractivity contribution in [2.75, 3.05) is 49.5 Å². The van der Waals surface area contributed by atoms with Gasteiger partial charge in [0.2, 0.25) is 0 Å². The Morgan fingerprint density at radius 3 is 0.750 bits per heavy atom. The Morgan fingerprint density at radius 2 is 0.535 bits per heavy atom. The molecule has 744 valence electrons. The summed E-state index contributed by atoms with van der Waals surface area (Å²) in [5, 5.41) is 0. The zero-order chi connectivity index (χ0) is 102. The fourth-order valence-corrected chi connectivity index (χ4v) is 22.9. The minimum atomic E-state index is -0.0596. The number of ether oxygens (including phenoxy) is 2.